The summed E-state index contributed by atoms with van der Waals surface area (Å²) in [6, 6.07) is 17.1. The normalized spacial score (nSPS) is 11.5. The van der Waals surface area contributed by atoms with Crippen molar-refractivity contribution in [2.24, 2.45) is 11.0 Å². The predicted molar refractivity (Wildman–Crippen MR) is 91.1 cm³/mol. The molecule has 2 rings (SSSR count). The first-order chi connectivity index (χ1) is 10.6. The molecule has 0 bridgehead atoms. The van der Waals surface area contributed by atoms with E-state index >= 15 is 0 Å². The number of amides is 1. The molecule has 0 spiro atoms. The predicted octanol–water partition coefficient (Wildman–Crippen LogP) is 4.06. The monoisotopic (exact) mass is 314 g/mol. The molecule has 22 heavy (non-hydrogen) atoms. The SMILES string of the molecule is CC(C)C(=NNC(=O)Cc1ccc(Cl)cc1)c1ccccc1. The summed E-state index contributed by atoms with van der Waals surface area (Å²) < 4.78 is 0. The molecule has 0 aliphatic heterocycles. The third-order valence-corrected chi connectivity index (χ3v) is 3.45. The number of nitrogens with zero attached hydrogens (tertiary/aromatic N) is 1. The number of rotatable bonds is 5. The molecule has 4 heteroatoms. The zero-order valence-corrected chi connectivity index (χ0v) is 13.5. The second-order valence-electron chi connectivity index (χ2n) is 5.36. The smallest absolute Gasteiger partial charge is 0.244 e. The van der Waals surface area contributed by atoms with Crippen LogP contribution < -0.4 is 5.43 Å². The lowest BCUT2D eigenvalue weighted by molar-refractivity contribution is -0.120. The molecule has 0 heterocycles. The zero-order chi connectivity index (χ0) is 15.9. The van der Waals surface area contributed by atoms with Crippen molar-refractivity contribution in [3.63, 3.8) is 0 Å². The minimum atomic E-state index is -0.142. The molecular formula is C18H19ClN2O. The van der Waals surface area contributed by atoms with Crippen molar-refractivity contribution in [2.45, 2.75) is 20.3 Å². The number of carbonyl (C=O) groups excluding carboxylic acids is 1. The molecule has 0 saturated carbocycles. The van der Waals surface area contributed by atoms with Crippen molar-refractivity contribution < 1.29 is 4.79 Å². The molecule has 2 aromatic carbocycles. The van der Waals surface area contributed by atoms with Gasteiger partial charge in [0.25, 0.3) is 0 Å². The summed E-state index contributed by atoms with van der Waals surface area (Å²) in [5.41, 5.74) is 5.43. The second-order valence-corrected chi connectivity index (χ2v) is 5.79. The summed E-state index contributed by atoms with van der Waals surface area (Å²) in [7, 11) is 0. The quantitative estimate of drug-likeness (QED) is 0.656. The zero-order valence-electron chi connectivity index (χ0n) is 12.7. The average Bonchev–Trinajstić information content (AvgIpc) is 2.50. The van der Waals surface area contributed by atoms with Gasteiger partial charge in [0.1, 0.15) is 0 Å². The van der Waals surface area contributed by atoms with Gasteiger partial charge in [0, 0.05) is 5.02 Å². The van der Waals surface area contributed by atoms with Gasteiger partial charge in [-0.2, -0.15) is 5.10 Å². The number of hydrogen-bond donors (Lipinski definition) is 1. The van der Waals surface area contributed by atoms with Gasteiger partial charge in [-0.1, -0.05) is 67.9 Å². The van der Waals surface area contributed by atoms with Gasteiger partial charge < -0.3 is 0 Å². The van der Waals surface area contributed by atoms with E-state index in [1.54, 1.807) is 12.1 Å². The summed E-state index contributed by atoms with van der Waals surface area (Å²) in [4.78, 5) is 12.0. The van der Waals surface area contributed by atoms with Crippen molar-refractivity contribution >= 4 is 23.2 Å². The fourth-order valence-electron chi connectivity index (χ4n) is 2.09. The third-order valence-electron chi connectivity index (χ3n) is 3.20. The van der Waals surface area contributed by atoms with Crippen LogP contribution in [0.1, 0.15) is 25.0 Å². The molecule has 0 aromatic heterocycles. The Morgan fingerprint density at radius 3 is 2.32 bits per heavy atom. The van der Waals surface area contributed by atoms with Gasteiger partial charge in [0.05, 0.1) is 12.1 Å². The van der Waals surface area contributed by atoms with Crippen LogP contribution in [0.2, 0.25) is 5.02 Å². The van der Waals surface area contributed by atoms with Crippen molar-refractivity contribution in [3.8, 4) is 0 Å². The largest absolute Gasteiger partial charge is 0.273 e. The highest BCUT2D eigenvalue weighted by molar-refractivity contribution is 6.30. The van der Waals surface area contributed by atoms with Crippen LogP contribution in [0.3, 0.4) is 0 Å². The Hall–Kier alpha value is -2.13. The molecule has 1 N–H and O–H groups in total. The lowest BCUT2D eigenvalue weighted by Gasteiger charge is -2.10. The van der Waals surface area contributed by atoms with Gasteiger partial charge in [-0.15, -0.1) is 0 Å². The first kappa shape index (κ1) is 16.2. The average molecular weight is 315 g/mol. The second kappa shape index (κ2) is 7.76. The van der Waals surface area contributed by atoms with Gasteiger partial charge in [-0.3, -0.25) is 4.79 Å². The van der Waals surface area contributed by atoms with E-state index in [0.717, 1.165) is 16.8 Å². The highest BCUT2D eigenvalue weighted by atomic mass is 35.5. The topological polar surface area (TPSA) is 41.5 Å². The molecule has 0 aliphatic carbocycles. The van der Waals surface area contributed by atoms with Crippen LogP contribution in [0.5, 0.6) is 0 Å². The molecule has 0 saturated heterocycles. The minimum absolute atomic E-state index is 0.142. The van der Waals surface area contributed by atoms with Crippen LogP contribution in [0.15, 0.2) is 59.7 Å². The molecular weight excluding hydrogens is 296 g/mol. The molecule has 0 unspecified atom stereocenters. The summed E-state index contributed by atoms with van der Waals surface area (Å²) in [6.45, 7) is 4.11. The first-order valence-electron chi connectivity index (χ1n) is 7.22. The highest BCUT2D eigenvalue weighted by Gasteiger charge is 2.09. The lowest BCUT2D eigenvalue weighted by Crippen LogP contribution is -2.23. The Bertz CT molecular complexity index is 649. The molecule has 3 nitrogen and oxygen atoms in total. The molecule has 1 amide bonds. The van der Waals surface area contributed by atoms with Gasteiger partial charge in [0.2, 0.25) is 5.91 Å². The Morgan fingerprint density at radius 1 is 1.09 bits per heavy atom. The van der Waals surface area contributed by atoms with Crippen LogP contribution in [-0.2, 0) is 11.2 Å². The molecule has 114 valence electrons. The van der Waals surface area contributed by atoms with E-state index in [4.69, 9.17) is 11.6 Å². The summed E-state index contributed by atoms with van der Waals surface area (Å²) in [5.74, 6) is 0.0784. The van der Waals surface area contributed by atoms with Crippen molar-refractivity contribution in [2.75, 3.05) is 0 Å². The van der Waals surface area contributed by atoms with Crippen LogP contribution in [0.25, 0.3) is 0 Å². The number of nitrogens with one attached hydrogen (secondary N) is 1. The Balaban J connectivity index is 2.04. The Morgan fingerprint density at radius 2 is 1.73 bits per heavy atom. The van der Waals surface area contributed by atoms with Crippen LogP contribution in [0, 0.1) is 5.92 Å². The van der Waals surface area contributed by atoms with E-state index in [1.165, 1.54) is 0 Å². The molecule has 0 radical (unpaired) electrons. The Kier molecular flexibility index (Phi) is 5.73. The molecule has 0 aliphatic rings. The van der Waals surface area contributed by atoms with E-state index in [2.05, 4.69) is 24.4 Å². The molecule has 0 atom stereocenters. The van der Waals surface area contributed by atoms with Crippen molar-refractivity contribution in [3.05, 3.63) is 70.7 Å². The fourth-order valence-corrected chi connectivity index (χ4v) is 2.21. The van der Waals surface area contributed by atoms with Crippen molar-refractivity contribution in [1.29, 1.82) is 0 Å². The highest BCUT2D eigenvalue weighted by Crippen LogP contribution is 2.11. The maximum atomic E-state index is 12.0. The number of carbonyl (C=O) groups is 1. The third kappa shape index (κ3) is 4.71. The van der Waals surface area contributed by atoms with Crippen LogP contribution >= 0.6 is 11.6 Å². The fraction of sp³-hybridized carbons (Fsp3) is 0.222. The van der Waals surface area contributed by atoms with E-state index in [-0.39, 0.29) is 18.2 Å². The lowest BCUT2D eigenvalue weighted by atomic mass is 10.0. The number of hydrazone groups is 1. The van der Waals surface area contributed by atoms with Gasteiger partial charge in [-0.05, 0) is 29.2 Å². The summed E-state index contributed by atoms with van der Waals surface area (Å²) >= 11 is 5.83. The first-order valence-corrected chi connectivity index (χ1v) is 7.60. The maximum Gasteiger partial charge on any atom is 0.244 e. The van der Waals surface area contributed by atoms with Crippen LogP contribution in [0.4, 0.5) is 0 Å². The maximum absolute atomic E-state index is 12.0. The number of benzene rings is 2. The minimum Gasteiger partial charge on any atom is -0.273 e. The summed E-state index contributed by atoms with van der Waals surface area (Å²) in [5, 5.41) is 4.96. The van der Waals surface area contributed by atoms with Crippen molar-refractivity contribution in [1.82, 2.24) is 5.43 Å². The van der Waals surface area contributed by atoms with Gasteiger partial charge in [0.15, 0.2) is 0 Å². The van der Waals surface area contributed by atoms with E-state index in [9.17, 15) is 4.79 Å². The molecule has 0 fully saturated rings. The number of halogens is 1. The molecule has 2 aromatic rings. The standard InChI is InChI=1S/C18H19ClN2O/c1-13(2)18(15-6-4-3-5-7-15)21-20-17(22)12-14-8-10-16(19)11-9-14/h3-11,13H,12H2,1-2H3,(H,20,22). The van der Waals surface area contributed by atoms with Crippen LogP contribution in [-0.4, -0.2) is 11.6 Å². The summed E-state index contributed by atoms with van der Waals surface area (Å²) in [6.07, 6.45) is 0.279. The van der Waals surface area contributed by atoms with E-state index < -0.39 is 0 Å². The number of hydrogen-bond acceptors (Lipinski definition) is 2. The van der Waals surface area contributed by atoms with Gasteiger partial charge in [-0.25, -0.2) is 5.43 Å². The Labute approximate surface area is 136 Å². The van der Waals surface area contributed by atoms with Gasteiger partial charge >= 0.3 is 0 Å². The van der Waals surface area contributed by atoms with E-state index in [1.807, 2.05) is 42.5 Å². The van der Waals surface area contributed by atoms with E-state index in [0.29, 0.717) is 5.02 Å².